The molecule has 7 nitrogen and oxygen atoms in total. The van der Waals surface area contributed by atoms with E-state index in [0.29, 0.717) is 5.69 Å². The largest absolute Gasteiger partial charge is 0.356 e. The van der Waals surface area contributed by atoms with Crippen LogP contribution in [0, 0.1) is 0 Å². The second-order valence-corrected chi connectivity index (χ2v) is 4.68. The first-order chi connectivity index (χ1) is 10.8. The van der Waals surface area contributed by atoms with Crippen molar-refractivity contribution in [3.63, 3.8) is 0 Å². The van der Waals surface area contributed by atoms with Crippen LogP contribution in [0.3, 0.4) is 0 Å². The van der Waals surface area contributed by atoms with Gasteiger partial charge in [-0.1, -0.05) is 24.3 Å². The van der Waals surface area contributed by atoms with Crippen molar-refractivity contribution in [2.45, 2.75) is 6.42 Å². The molecule has 2 aliphatic rings. The molecule has 0 aliphatic heterocycles. The van der Waals surface area contributed by atoms with Crippen LogP contribution in [0.25, 0.3) is 5.69 Å². The molecule has 0 saturated heterocycles. The van der Waals surface area contributed by atoms with Crippen molar-refractivity contribution in [3.05, 3.63) is 76.8 Å². The number of rotatable bonds is 2. The summed E-state index contributed by atoms with van der Waals surface area (Å²) in [6.45, 7) is 0. The molecule has 22 heavy (non-hydrogen) atoms. The van der Waals surface area contributed by atoms with Gasteiger partial charge in [0, 0.05) is 6.20 Å². The number of nitrogens with two attached hydrogens (primary N) is 1. The monoisotopic (exact) mass is 294 g/mol. The highest BCUT2D eigenvalue weighted by molar-refractivity contribution is 5.49. The van der Waals surface area contributed by atoms with Crippen LogP contribution in [0.15, 0.2) is 71.1 Å². The molecule has 0 saturated carbocycles. The van der Waals surface area contributed by atoms with E-state index in [1.165, 1.54) is 28.5 Å². The fourth-order valence-electron chi connectivity index (χ4n) is 2.09. The summed E-state index contributed by atoms with van der Waals surface area (Å²) in [6, 6.07) is 3.45. The van der Waals surface area contributed by atoms with E-state index < -0.39 is 5.69 Å². The fourth-order valence-corrected chi connectivity index (χ4v) is 2.09. The molecular formula is C15H14N6O. The van der Waals surface area contributed by atoms with Crippen LogP contribution < -0.4 is 17.0 Å². The number of hydrazine groups is 1. The van der Waals surface area contributed by atoms with Crippen molar-refractivity contribution in [2.75, 3.05) is 5.43 Å². The molecule has 2 bridgehead atoms. The van der Waals surface area contributed by atoms with Gasteiger partial charge in [-0.15, -0.1) is 0 Å². The van der Waals surface area contributed by atoms with Crippen LogP contribution in [-0.2, 0) is 0 Å². The van der Waals surface area contributed by atoms with E-state index in [4.69, 9.17) is 5.84 Å². The number of anilines is 1. The molecule has 110 valence electrons. The van der Waals surface area contributed by atoms with Gasteiger partial charge < -0.3 is 0 Å². The standard InChI is InChI=1S/C8H8N6O.C7H6/c9-13-7-11-5-14(8(15)12-7)6-2-1-3-10-4-6;1-2-7-4-3-6(1)5-7/h1-5H,9H2,(H,12,13,15);1-4H,5H2. The van der Waals surface area contributed by atoms with E-state index in [9.17, 15) is 4.79 Å². The van der Waals surface area contributed by atoms with Crippen LogP contribution >= 0.6 is 0 Å². The Balaban J connectivity index is 0.000000169. The van der Waals surface area contributed by atoms with E-state index >= 15 is 0 Å². The highest BCUT2D eigenvalue weighted by Gasteiger charge is 2.07. The Morgan fingerprint density at radius 2 is 2.00 bits per heavy atom. The third kappa shape index (κ3) is 2.99. The van der Waals surface area contributed by atoms with E-state index in [1.807, 2.05) is 0 Å². The number of aromatic nitrogens is 4. The summed E-state index contributed by atoms with van der Waals surface area (Å²) in [4.78, 5) is 22.8. The Labute approximate surface area is 126 Å². The predicted octanol–water partition coefficient (Wildman–Crippen LogP) is 1.12. The molecule has 0 amide bonds. The van der Waals surface area contributed by atoms with Crippen molar-refractivity contribution in [1.82, 2.24) is 19.5 Å². The molecule has 0 spiro atoms. The molecule has 7 heteroatoms. The van der Waals surface area contributed by atoms with Crippen LogP contribution in [0.5, 0.6) is 0 Å². The third-order valence-corrected chi connectivity index (χ3v) is 3.19. The minimum absolute atomic E-state index is 0.0835. The summed E-state index contributed by atoms with van der Waals surface area (Å²) < 4.78 is 1.27. The topological polar surface area (TPSA) is 98.7 Å². The van der Waals surface area contributed by atoms with Crippen molar-refractivity contribution in [2.24, 2.45) is 5.84 Å². The Morgan fingerprint density at radius 1 is 1.23 bits per heavy atom. The van der Waals surface area contributed by atoms with Gasteiger partial charge in [0.1, 0.15) is 6.33 Å². The van der Waals surface area contributed by atoms with Gasteiger partial charge in [-0.25, -0.2) is 20.2 Å². The molecular weight excluding hydrogens is 280 g/mol. The maximum absolute atomic E-state index is 11.5. The quantitative estimate of drug-likeness (QED) is 0.636. The summed E-state index contributed by atoms with van der Waals surface area (Å²) in [6.07, 6.45) is 14.4. The average molecular weight is 294 g/mol. The minimum atomic E-state index is -0.467. The molecule has 0 radical (unpaired) electrons. The number of allylic oxidation sites excluding steroid dienone is 6. The lowest BCUT2D eigenvalue weighted by molar-refractivity contribution is 0.854. The summed E-state index contributed by atoms with van der Waals surface area (Å²) in [7, 11) is 0. The van der Waals surface area contributed by atoms with E-state index in [1.54, 1.807) is 24.5 Å². The molecule has 2 heterocycles. The lowest BCUT2D eigenvalue weighted by atomic mass is 10.3. The predicted molar refractivity (Wildman–Crippen MR) is 83.2 cm³/mol. The zero-order valence-electron chi connectivity index (χ0n) is 11.7. The van der Waals surface area contributed by atoms with Crippen LogP contribution in [0.4, 0.5) is 5.95 Å². The summed E-state index contributed by atoms with van der Waals surface area (Å²) in [5, 5.41) is 0. The Bertz CT molecular complexity index is 799. The number of hydrogen-bond donors (Lipinski definition) is 2. The Kier molecular flexibility index (Phi) is 3.88. The van der Waals surface area contributed by atoms with E-state index in [2.05, 4.69) is 44.7 Å². The first-order valence-electron chi connectivity index (χ1n) is 6.67. The van der Waals surface area contributed by atoms with Gasteiger partial charge in [0.2, 0.25) is 5.95 Å². The van der Waals surface area contributed by atoms with Gasteiger partial charge in [0.15, 0.2) is 0 Å². The van der Waals surface area contributed by atoms with Crippen LogP contribution in [-0.4, -0.2) is 19.5 Å². The van der Waals surface area contributed by atoms with E-state index in [-0.39, 0.29) is 5.95 Å². The van der Waals surface area contributed by atoms with Gasteiger partial charge in [-0.05, 0) is 29.7 Å². The molecule has 4 rings (SSSR count). The number of nitrogens with zero attached hydrogens (tertiary/aromatic N) is 4. The zero-order valence-corrected chi connectivity index (χ0v) is 11.7. The number of nitrogens with one attached hydrogen (secondary N) is 1. The normalized spacial score (nSPS) is 14.0. The molecule has 0 aromatic carbocycles. The first kappa shape index (κ1) is 13.9. The number of nitrogen functional groups attached to an aromatic ring is 1. The molecule has 3 N–H and O–H groups in total. The summed E-state index contributed by atoms with van der Waals surface area (Å²) >= 11 is 0. The second kappa shape index (κ2) is 6.15. The smallest absolute Gasteiger partial charge is 0.292 e. The van der Waals surface area contributed by atoms with Crippen LogP contribution in [0.2, 0.25) is 0 Å². The summed E-state index contributed by atoms with van der Waals surface area (Å²) in [5.41, 5.74) is 5.27. The minimum Gasteiger partial charge on any atom is -0.292 e. The van der Waals surface area contributed by atoms with Crippen molar-refractivity contribution < 1.29 is 0 Å². The van der Waals surface area contributed by atoms with Crippen molar-refractivity contribution >= 4 is 5.95 Å². The molecule has 0 atom stereocenters. The number of hydrogen-bond acceptors (Lipinski definition) is 6. The maximum atomic E-state index is 11.5. The fraction of sp³-hybridized carbons (Fsp3) is 0.0667. The zero-order chi connectivity index (χ0) is 15.4. The molecule has 2 aromatic heterocycles. The maximum Gasteiger partial charge on any atom is 0.356 e. The van der Waals surface area contributed by atoms with E-state index in [0.717, 1.165) is 0 Å². The van der Waals surface area contributed by atoms with Gasteiger partial charge in [-0.3, -0.25) is 10.4 Å². The number of fused-ring (bicyclic) bond motifs is 2. The molecule has 0 unspecified atom stereocenters. The van der Waals surface area contributed by atoms with Crippen molar-refractivity contribution in [1.29, 1.82) is 0 Å². The Hall–Kier alpha value is -3.06. The lowest BCUT2D eigenvalue weighted by Gasteiger charge is -2.03. The lowest BCUT2D eigenvalue weighted by Crippen LogP contribution is -2.25. The molecule has 0 fully saturated rings. The first-order valence-corrected chi connectivity index (χ1v) is 6.67. The number of pyridine rings is 1. The highest BCUT2D eigenvalue weighted by atomic mass is 16.1. The molecule has 2 aliphatic carbocycles. The second-order valence-electron chi connectivity index (χ2n) is 4.68. The van der Waals surface area contributed by atoms with Crippen LogP contribution in [0.1, 0.15) is 6.42 Å². The van der Waals surface area contributed by atoms with Gasteiger partial charge in [0.05, 0.1) is 11.9 Å². The van der Waals surface area contributed by atoms with Crippen molar-refractivity contribution in [3.8, 4) is 5.69 Å². The average Bonchev–Trinajstić information content (AvgIpc) is 3.21. The highest BCUT2D eigenvalue weighted by Crippen LogP contribution is 2.27. The summed E-state index contributed by atoms with van der Waals surface area (Å²) in [5.74, 6) is 5.16. The Morgan fingerprint density at radius 3 is 2.45 bits per heavy atom. The SMILES string of the molecule is C1=CC2=CC=C1C2.NNc1ncn(-c2cccnc2)c(=O)n1. The van der Waals surface area contributed by atoms with Gasteiger partial charge in [-0.2, -0.15) is 4.98 Å². The van der Waals surface area contributed by atoms with Gasteiger partial charge in [0.25, 0.3) is 0 Å². The third-order valence-electron chi connectivity index (χ3n) is 3.19. The van der Waals surface area contributed by atoms with Gasteiger partial charge >= 0.3 is 5.69 Å². The molecule has 2 aromatic rings.